The van der Waals surface area contributed by atoms with E-state index in [0.29, 0.717) is 24.9 Å². The van der Waals surface area contributed by atoms with Crippen molar-refractivity contribution in [1.29, 1.82) is 0 Å². The Balaban J connectivity index is 1.58. The molecule has 2 amide bonds. The first-order chi connectivity index (χ1) is 9.16. The molecule has 0 aromatic heterocycles. The maximum Gasteiger partial charge on any atom is 0.240 e. The molecule has 3 rings (SSSR count). The van der Waals surface area contributed by atoms with Gasteiger partial charge >= 0.3 is 0 Å². The highest BCUT2D eigenvalue weighted by molar-refractivity contribution is 5.83. The van der Waals surface area contributed by atoms with Gasteiger partial charge in [0.15, 0.2) is 0 Å². The molecule has 3 N–H and O–H groups in total. The number of nitrogens with zero attached hydrogens (tertiary/aromatic N) is 1. The highest BCUT2D eigenvalue weighted by atomic mass is 16.2. The predicted octanol–water partition coefficient (Wildman–Crippen LogP) is 0.0984. The molecule has 3 fully saturated rings. The number of amides is 2. The fourth-order valence-corrected chi connectivity index (χ4v) is 4.04. The largest absolute Gasteiger partial charge is 0.369 e. The molecule has 5 nitrogen and oxygen atoms in total. The van der Waals surface area contributed by atoms with Gasteiger partial charge in [0.25, 0.3) is 0 Å². The van der Waals surface area contributed by atoms with Crippen molar-refractivity contribution in [2.45, 2.75) is 38.1 Å². The summed E-state index contributed by atoms with van der Waals surface area (Å²) in [5.41, 5.74) is 5.33. The maximum absolute atomic E-state index is 12.6. The van der Waals surface area contributed by atoms with Gasteiger partial charge in [-0.05, 0) is 44.1 Å². The summed E-state index contributed by atoms with van der Waals surface area (Å²) >= 11 is 0. The van der Waals surface area contributed by atoms with Gasteiger partial charge in [0.05, 0.1) is 6.04 Å². The van der Waals surface area contributed by atoms with Gasteiger partial charge < -0.3 is 16.0 Å². The lowest BCUT2D eigenvalue weighted by Crippen LogP contribution is -2.50. The average Bonchev–Trinajstić information content (AvgIpc) is 3.00. The molecule has 19 heavy (non-hydrogen) atoms. The normalized spacial score (nSPS) is 35.4. The molecular weight excluding hydrogens is 242 g/mol. The second-order valence-corrected chi connectivity index (χ2v) is 6.24. The van der Waals surface area contributed by atoms with Gasteiger partial charge in [-0.2, -0.15) is 0 Å². The van der Waals surface area contributed by atoms with Crippen LogP contribution < -0.4 is 11.1 Å². The summed E-state index contributed by atoms with van der Waals surface area (Å²) in [5.74, 6) is 1.23. The minimum atomic E-state index is -0.220. The van der Waals surface area contributed by atoms with E-state index >= 15 is 0 Å². The van der Waals surface area contributed by atoms with E-state index in [2.05, 4.69) is 5.32 Å². The first kappa shape index (κ1) is 12.9. The Morgan fingerprint density at radius 2 is 1.84 bits per heavy atom. The molecule has 1 saturated carbocycles. The number of primary amides is 1. The van der Waals surface area contributed by atoms with Gasteiger partial charge in [-0.3, -0.25) is 9.59 Å². The minimum absolute atomic E-state index is 0.0256. The van der Waals surface area contributed by atoms with Gasteiger partial charge in [0.2, 0.25) is 11.8 Å². The van der Waals surface area contributed by atoms with Crippen LogP contribution in [0.5, 0.6) is 0 Å². The van der Waals surface area contributed by atoms with Gasteiger partial charge in [-0.1, -0.05) is 6.42 Å². The molecule has 0 aromatic rings. The fourth-order valence-electron chi connectivity index (χ4n) is 4.04. The van der Waals surface area contributed by atoms with Crippen molar-refractivity contribution >= 4 is 11.8 Å². The van der Waals surface area contributed by atoms with Crippen LogP contribution in [0.3, 0.4) is 0 Å². The molecule has 3 atom stereocenters. The molecule has 3 aliphatic rings. The van der Waals surface area contributed by atoms with E-state index in [1.807, 2.05) is 4.90 Å². The molecule has 2 saturated heterocycles. The van der Waals surface area contributed by atoms with E-state index in [1.165, 1.54) is 19.3 Å². The molecule has 0 aromatic carbocycles. The summed E-state index contributed by atoms with van der Waals surface area (Å²) in [6, 6.07) is 0.0256. The lowest BCUT2D eigenvalue weighted by molar-refractivity contribution is -0.137. The monoisotopic (exact) mass is 265 g/mol. The number of piperidine rings is 1. The first-order valence-corrected chi connectivity index (χ1v) is 7.48. The van der Waals surface area contributed by atoms with Crippen LogP contribution in [0.25, 0.3) is 0 Å². The topological polar surface area (TPSA) is 75.4 Å². The summed E-state index contributed by atoms with van der Waals surface area (Å²) < 4.78 is 0. The molecule has 3 unspecified atom stereocenters. The molecule has 0 bridgehead atoms. The van der Waals surface area contributed by atoms with E-state index < -0.39 is 0 Å². The van der Waals surface area contributed by atoms with Crippen LogP contribution in [0.1, 0.15) is 32.1 Å². The van der Waals surface area contributed by atoms with Gasteiger partial charge in [0, 0.05) is 19.0 Å². The Labute approximate surface area is 113 Å². The summed E-state index contributed by atoms with van der Waals surface area (Å²) in [6.07, 6.45) is 5.17. The molecule has 0 radical (unpaired) electrons. The van der Waals surface area contributed by atoms with Gasteiger partial charge in [0.1, 0.15) is 0 Å². The van der Waals surface area contributed by atoms with Crippen LogP contribution in [0.2, 0.25) is 0 Å². The van der Waals surface area contributed by atoms with Crippen molar-refractivity contribution in [3.05, 3.63) is 0 Å². The van der Waals surface area contributed by atoms with Crippen molar-refractivity contribution in [2.75, 3.05) is 19.6 Å². The van der Waals surface area contributed by atoms with Crippen LogP contribution >= 0.6 is 0 Å². The zero-order valence-electron chi connectivity index (χ0n) is 11.3. The lowest BCUT2D eigenvalue weighted by atomic mass is 9.91. The van der Waals surface area contributed by atoms with E-state index in [9.17, 15) is 9.59 Å². The van der Waals surface area contributed by atoms with Gasteiger partial charge in [-0.25, -0.2) is 0 Å². The highest BCUT2D eigenvalue weighted by Gasteiger charge is 2.44. The average molecular weight is 265 g/mol. The number of hydrogen-bond acceptors (Lipinski definition) is 3. The van der Waals surface area contributed by atoms with Gasteiger partial charge in [-0.15, -0.1) is 0 Å². The zero-order chi connectivity index (χ0) is 13.4. The summed E-state index contributed by atoms with van der Waals surface area (Å²) in [6.45, 7) is 2.36. The van der Waals surface area contributed by atoms with Crippen molar-refractivity contribution in [2.24, 2.45) is 23.5 Å². The Kier molecular flexibility index (Phi) is 3.48. The number of nitrogens with one attached hydrogen (secondary N) is 1. The molecule has 2 heterocycles. The molecule has 106 valence electrons. The Morgan fingerprint density at radius 3 is 2.53 bits per heavy atom. The van der Waals surface area contributed by atoms with E-state index in [4.69, 9.17) is 5.73 Å². The predicted molar refractivity (Wildman–Crippen MR) is 71.1 cm³/mol. The third-order valence-electron chi connectivity index (χ3n) is 5.22. The minimum Gasteiger partial charge on any atom is -0.369 e. The molecule has 5 heteroatoms. The molecule has 0 spiro atoms. The number of hydrogen-bond donors (Lipinski definition) is 2. The number of rotatable bonds is 2. The lowest BCUT2D eigenvalue weighted by Gasteiger charge is -2.33. The number of carbonyl (C=O) groups excluding carboxylic acids is 2. The zero-order valence-corrected chi connectivity index (χ0v) is 11.3. The summed E-state index contributed by atoms with van der Waals surface area (Å²) in [5, 5.41) is 3.41. The van der Waals surface area contributed by atoms with Crippen molar-refractivity contribution in [3.8, 4) is 0 Å². The summed E-state index contributed by atoms with van der Waals surface area (Å²) in [4.78, 5) is 25.6. The first-order valence-electron chi connectivity index (χ1n) is 7.48. The Hall–Kier alpha value is -1.10. The SMILES string of the molecule is NC(=O)C1CCN(C(=O)C2NCC3CCCC32)CC1. The second kappa shape index (κ2) is 5.12. The second-order valence-electron chi connectivity index (χ2n) is 6.24. The van der Waals surface area contributed by atoms with Crippen LogP contribution in [-0.4, -0.2) is 42.4 Å². The summed E-state index contributed by atoms with van der Waals surface area (Å²) in [7, 11) is 0. The fraction of sp³-hybridized carbons (Fsp3) is 0.857. The number of nitrogens with two attached hydrogens (primary N) is 1. The van der Waals surface area contributed by atoms with E-state index in [1.54, 1.807) is 0 Å². The third kappa shape index (κ3) is 2.36. The Bertz CT molecular complexity index is 377. The Morgan fingerprint density at radius 1 is 1.11 bits per heavy atom. The maximum atomic E-state index is 12.6. The molecule has 1 aliphatic carbocycles. The molecule has 2 aliphatic heterocycles. The van der Waals surface area contributed by atoms with Crippen LogP contribution in [-0.2, 0) is 9.59 Å². The number of fused-ring (bicyclic) bond motifs is 1. The van der Waals surface area contributed by atoms with Crippen molar-refractivity contribution in [3.63, 3.8) is 0 Å². The number of carbonyl (C=O) groups is 2. The smallest absolute Gasteiger partial charge is 0.240 e. The van der Waals surface area contributed by atoms with Crippen LogP contribution in [0.4, 0.5) is 0 Å². The highest BCUT2D eigenvalue weighted by Crippen LogP contribution is 2.38. The third-order valence-corrected chi connectivity index (χ3v) is 5.22. The van der Waals surface area contributed by atoms with Crippen LogP contribution in [0, 0.1) is 17.8 Å². The van der Waals surface area contributed by atoms with Crippen molar-refractivity contribution in [1.82, 2.24) is 10.2 Å². The quantitative estimate of drug-likeness (QED) is 0.743. The molecular formula is C14H23N3O2. The van der Waals surface area contributed by atoms with Crippen molar-refractivity contribution < 1.29 is 9.59 Å². The standard InChI is InChI=1S/C14H23N3O2/c15-13(18)9-4-6-17(7-5-9)14(19)12-11-3-1-2-10(11)8-16-12/h9-12,16H,1-8H2,(H2,15,18). The van der Waals surface area contributed by atoms with Crippen LogP contribution in [0.15, 0.2) is 0 Å². The van der Waals surface area contributed by atoms with E-state index in [-0.39, 0.29) is 23.8 Å². The number of likely N-dealkylation sites (tertiary alicyclic amines) is 1. The van der Waals surface area contributed by atoms with E-state index in [0.717, 1.165) is 19.4 Å².